The van der Waals surface area contributed by atoms with Gasteiger partial charge in [0.05, 0.1) is 24.8 Å². The van der Waals surface area contributed by atoms with Crippen LogP contribution in [0.3, 0.4) is 0 Å². The van der Waals surface area contributed by atoms with Crippen LogP contribution in [0.15, 0.2) is 22.1 Å². The lowest BCUT2D eigenvalue weighted by molar-refractivity contribution is -0.131. The number of fused-ring (bicyclic) bond motifs is 1. The summed E-state index contributed by atoms with van der Waals surface area (Å²) in [5, 5.41) is 0. The molecule has 0 aromatic rings. The molecule has 5 heteroatoms. The number of rotatable bonds is 1. The molecule has 1 aliphatic carbocycles. The molecule has 2 rings (SSSR count). The van der Waals surface area contributed by atoms with Gasteiger partial charge in [0, 0.05) is 0 Å². The fraction of sp³-hybridized carbons (Fsp3) is 0.556. The van der Waals surface area contributed by atoms with E-state index < -0.39 is 12.2 Å². The van der Waals surface area contributed by atoms with Crippen LogP contribution < -0.4 is 0 Å². The van der Waals surface area contributed by atoms with Crippen LogP contribution in [0.4, 0.5) is 4.39 Å². The normalized spacial score (nSPS) is 32.4. The molecule has 0 radical (unpaired) electrons. The molecule has 1 heterocycles. The number of allylic oxidation sites excluding steroid dienone is 2. The van der Waals surface area contributed by atoms with Gasteiger partial charge >= 0.3 is 0 Å². The molecule has 2 atom stereocenters. The minimum absolute atomic E-state index is 0.337. The molecule has 14 heavy (non-hydrogen) atoms. The van der Waals surface area contributed by atoms with E-state index >= 15 is 0 Å². The lowest BCUT2D eigenvalue weighted by Crippen LogP contribution is -2.42. The number of ether oxygens (including phenoxy) is 3. The summed E-state index contributed by atoms with van der Waals surface area (Å²) in [4.78, 5) is 0. The Labute approximate surface area is 89.6 Å². The minimum Gasteiger partial charge on any atom is -0.498 e. The number of hydrogen-bond donors (Lipinski definition) is 0. The van der Waals surface area contributed by atoms with Gasteiger partial charge in [-0.3, -0.25) is 0 Å². The molecule has 0 aromatic carbocycles. The third kappa shape index (κ3) is 1.60. The van der Waals surface area contributed by atoms with Crippen molar-refractivity contribution in [3.63, 3.8) is 0 Å². The van der Waals surface area contributed by atoms with Gasteiger partial charge in [-0.15, -0.1) is 0 Å². The molecule has 0 N–H and O–H groups in total. The van der Waals surface area contributed by atoms with Crippen molar-refractivity contribution in [3.05, 3.63) is 22.1 Å². The van der Waals surface area contributed by atoms with Crippen LogP contribution in [0.1, 0.15) is 0 Å². The highest BCUT2D eigenvalue weighted by Crippen LogP contribution is 2.34. The Balaban J connectivity index is 2.31. The van der Waals surface area contributed by atoms with Crippen molar-refractivity contribution in [1.29, 1.82) is 0 Å². The SMILES string of the molecule is COC1=CC(Br)=C(F)C2OCCOC12. The summed E-state index contributed by atoms with van der Waals surface area (Å²) in [6.07, 6.45) is 0.457. The lowest BCUT2D eigenvalue weighted by atomic mass is 10.0. The standard InChI is InChI=1S/C9H10BrFO3/c1-12-6-4-5(10)7(11)9-8(6)13-2-3-14-9/h4,8-9H,2-3H2,1H3. The molecule has 1 aliphatic heterocycles. The summed E-state index contributed by atoms with van der Waals surface area (Å²) >= 11 is 3.11. The number of hydrogen-bond acceptors (Lipinski definition) is 3. The first-order valence-electron chi connectivity index (χ1n) is 4.28. The van der Waals surface area contributed by atoms with Crippen LogP contribution in [0.25, 0.3) is 0 Å². The largest absolute Gasteiger partial charge is 0.498 e. The van der Waals surface area contributed by atoms with Crippen molar-refractivity contribution >= 4 is 15.9 Å². The van der Waals surface area contributed by atoms with E-state index in [1.165, 1.54) is 7.11 Å². The van der Waals surface area contributed by atoms with Crippen molar-refractivity contribution in [2.24, 2.45) is 0 Å². The predicted molar refractivity (Wildman–Crippen MR) is 51.6 cm³/mol. The maximum atomic E-state index is 13.6. The molecule has 78 valence electrons. The van der Waals surface area contributed by atoms with Crippen LogP contribution in [0.5, 0.6) is 0 Å². The van der Waals surface area contributed by atoms with E-state index in [-0.39, 0.29) is 5.83 Å². The Bertz CT molecular complexity index is 300. The van der Waals surface area contributed by atoms with Gasteiger partial charge in [0.1, 0.15) is 23.8 Å². The topological polar surface area (TPSA) is 27.7 Å². The lowest BCUT2D eigenvalue weighted by Gasteiger charge is -2.34. The smallest absolute Gasteiger partial charge is 0.147 e. The Kier molecular flexibility index (Phi) is 2.90. The van der Waals surface area contributed by atoms with Gasteiger partial charge in [0.25, 0.3) is 0 Å². The highest BCUT2D eigenvalue weighted by Gasteiger charge is 2.38. The van der Waals surface area contributed by atoms with Gasteiger partial charge in [-0.2, -0.15) is 0 Å². The van der Waals surface area contributed by atoms with Gasteiger partial charge in [0.15, 0.2) is 0 Å². The summed E-state index contributed by atoms with van der Waals surface area (Å²) in [5.41, 5.74) is 0. The quantitative estimate of drug-likeness (QED) is 0.724. The van der Waals surface area contributed by atoms with E-state index in [1.54, 1.807) is 6.08 Å². The third-order valence-corrected chi connectivity index (χ3v) is 2.82. The highest BCUT2D eigenvalue weighted by molar-refractivity contribution is 9.11. The predicted octanol–water partition coefficient (Wildman–Crippen LogP) is 1.89. The van der Waals surface area contributed by atoms with Crippen LogP contribution in [-0.2, 0) is 14.2 Å². The first kappa shape index (κ1) is 10.1. The van der Waals surface area contributed by atoms with Gasteiger partial charge in [-0.05, 0) is 22.0 Å². The molecule has 0 spiro atoms. The maximum absolute atomic E-state index is 13.6. The van der Waals surface area contributed by atoms with Crippen molar-refractivity contribution < 1.29 is 18.6 Å². The molecule has 2 unspecified atom stereocenters. The van der Waals surface area contributed by atoms with Gasteiger partial charge in [0.2, 0.25) is 0 Å². The highest BCUT2D eigenvalue weighted by atomic mass is 79.9. The molecule has 0 aromatic heterocycles. The molecular formula is C9H10BrFO3. The van der Waals surface area contributed by atoms with E-state index in [9.17, 15) is 4.39 Å². The Morgan fingerprint density at radius 1 is 1.43 bits per heavy atom. The summed E-state index contributed by atoms with van der Waals surface area (Å²) < 4.78 is 29.7. The van der Waals surface area contributed by atoms with Gasteiger partial charge in [-0.25, -0.2) is 4.39 Å². The fourth-order valence-electron chi connectivity index (χ4n) is 1.55. The second-order valence-corrected chi connectivity index (χ2v) is 3.88. The zero-order valence-electron chi connectivity index (χ0n) is 7.63. The van der Waals surface area contributed by atoms with E-state index in [0.29, 0.717) is 23.5 Å². The second kappa shape index (κ2) is 4.00. The fourth-order valence-corrected chi connectivity index (χ4v) is 2.00. The van der Waals surface area contributed by atoms with Crippen molar-refractivity contribution in [2.75, 3.05) is 20.3 Å². The third-order valence-electron chi connectivity index (χ3n) is 2.22. The molecule has 0 bridgehead atoms. The van der Waals surface area contributed by atoms with Crippen LogP contribution in [0, 0.1) is 0 Å². The summed E-state index contributed by atoms with van der Waals surface area (Å²) in [6.45, 7) is 0.874. The van der Waals surface area contributed by atoms with Crippen LogP contribution in [-0.4, -0.2) is 32.5 Å². The van der Waals surface area contributed by atoms with E-state index in [0.717, 1.165) is 0 Å². The van der Waals surface area contributed by atoms with Gasteiger partial charge < -0.3 is 14.2 Å². The van der Waals surface area contributed by atoms with E-state index in [4.69, 9.17) is 14.2 Å². The minimum atomic E-state index is -0.668. The van der Waals surface area contributed by atoms with Crippen molar-refractivity contribution in [2.45, 2.75) is 12.2 Å². The Morgan fingerprint density at radius 2 is 2.07 bits per heavy atom. The van der Waals surface area contributed by atoms with Gasteiger partial charge in [-0.1, -0.05) is 0 Å². The Morgan fingerprint density at radius 3 is 2.71 bits per heavy atom. The first-order valence-corrected chi connectivity index (χ1v) is 5.07. The molecule has 0 amide bonds. The molecule has 3 nitrogen and oxygen atoms in total. The zero-order valence-corrected chi connectivity index (χ0v) is 9.21. The molecule has 1 saturated heterocycles. The number of halogens is 2. The summed E-state index contributed by atoms with van der Waals surface area (Å²) in [7, 11) is 1.53. The summed E-state index contributed by atoms with van der Waals surface area (Å²) in [6, 6.07) is 0. The monoisotopic (exact) mass is 264 g/mol. The van der Waals surface area contributed by atoms with Crippen molar-refractivity contribution in [3.8, 4) is 0 Å². The average Bonchev–Trinajstić information content (AvgIpc) is 2.23. The second-order valence-electron chi connectivity index (χ2n) is 3.03. The zero-order chi connectivity index (χ0) is 10.1. The maximum Gasteiger partial charge on any atom is 0.147 e. The molecule has 1 fully saturated rings. The Hall–Kier alpha value is -0.390. The molecular weight excluding hydrogens is 255 g/mol. The molecule has 0 saturated carbocycles. The molecule has 2 aliphatic rings. The average molecular weight is 265 g/mol. The van der Waals surface area contributed by atoms with E-state index in [2.05, 4.69) is 15.9 Å². The summed E-state index contributed by atoms with van der Waals surface area (Å²) in [5.74, 6) is 0.249. The first-order chi connectivity index (χ1) is 6.74. The van der Waals surface area contributed by atoms with Crippen LogP contribution in [0.2, 0.25) is 0 Å². The van der Waals surface area contributed by atoms with Crippen molar-refractivity contribution in [1.82, 2.24) is 0 Å². The van der Waals surface area contributed by atoms with Crippen LogP contribution >= 0.6 is 15.9 Å². The van der Waals surface area contributed by atoms with E-state index in [1.807, 2.05) is 0 Å². The number of methoxy groups -OCH3 is 1.